The molecule has 0 amide bonds. The highest BCUT2D eigenvalue weighted by Gasteiger charge is 2.20. The van der Waals surface area contributed by atoms with E-state index in [1.54, 1.807) is 0 Å². The molecule has 1 unspecified atom stereocenters. The van der Waals surface area contributed by atoms with Crippen LogP contribution in [0.5, 0.6) is 5.75 Å². The Morgan fingerprint density at radius 2 is 2.06 bits per heavy atom. The van der Waals surface area contributed by atoms with E-state index in [-0.39, 0.29) is 5.41 Å². The van der Waals surface area contributed by atoms with Gasteiger partial charge >= 0.3 is 0 Å². The van der Waals surface area contributed by atoms with Crippen LogP contribution in [0.1, 0.15) is 33.3 Å². The molecule has 0 radical (unpaired) electrons. The zero-order valence-corrected chi connectivity index (χ0v) is 10.6. The summed E-state index contributed by atoms with van der Waals surface area (Å²) in [4.78, 5) is 0. The van der Waals surface area contributed by atoms with Gasteiger partial charge in [-0.3, -0.25) is 0 Å². The molecule has 1 N–H and O–H groups in total. The fourth-order valence-corrected chi connectivity index (χ4v) is 1.74. The normalized spacial score (nSPS) is 16.5. The summed E-state index contributed by atoms with van der Waals surface area (Å²) < 4.78 is 5.50. The number of hydrogen-bond acceptors (Lipinski definition) is 2. The van der Waals surface area contributed by atoms with Crippen LogP contribution in [0.2, 0.25) is 0 Å². The van der Waals surface area contributed by atoms with Crippen LogP contribution in [0.4, 0.5) is 5.69 Å². The minimum Gasteiger partial charge on any atom is -0.493 e. The summed E-state index contributed by atoms with van der Waals surface area (Å²) in [5, 5.41) is 3.56. The fourth-order valence-electron chi connectivity index (χ4n) is 1.74. The predicted molar refractivity (Wildman–Crippen MR) is 68.2 cm³/mol. The van der Waals surface area contributed by atoms with Gasteiger partial charge in [-0.15, -0.1) is 0 Å². The SMILES string of the molecule is CC(Nc1ccc2c(c1)CCO2)C(C)(C)C. The quantitative estimate of drug-likeness (QED) is 0.822. The highest BCUT2D eigenvalue weighted by Crippen LogP contribution is 2.29. The monoisotopic (exact) mass is 219 g/mol. The van der Waals surface area contributed by atoms with Crippen LogP contribution in [0.15, 0.2) is 18.2 Å². The summed E-state index contributed by atoms with van der Waals surface area (Å²) in [6, 6.07) is 6.84. The van der Waals surface area contributed by atoms with Crippen molar-refractivity contribution < 1.29 is 4.74 Å². The largest absolute Gasteiger partial charge is 0.493 e. The van der Waals surface area contributed by atoms with Crippen molar-refractivity contribution in [3.63, 3.8) is 0 Å². The predicted octanol–water partition coefficient (Wildman–Crippen LogP) is 3.47. The van der Waals surface area contributed by atoms with Gasteiger partial charge in [-0.1, -0.05) is 20.8 Å². The van der Waals surface area contributed by atoms with E-state index >= 15 is 0 Å². The summed E-state index contributed by atoms with van der Waals surface area (Å²) in [7, 11) is 0. The van der Waals surface area contributed by atoms with Gasteiger partial charge in [0.2, 0.25) is 0 Å². The van der Waals surface area contributed by atoms with E-state index in [2.05, 4.69) is 51.2 Å². The molecule has 1 aliphatic rings. The standard InChI is InChI=1S/C14H21NO/c1-10(14(2,3)4)15-12-5-6-13-11(9-12)7-8-16-13/h5-6,9-10,15H,7-8H2,1-4H3. The molecule has 1 aromatic carbocycles. The number of nitrogens with one attached hydrogen (secondary N) is 1. The molecule has 2 rings (SSSR count). The van der Waals surface area contributed by atoms with Gasteiger partial charge in [0.15, 0.2) is 0 Å². The zero-order chi connectivity index (χ0) is 11.8. The van der Waals surface area contributed by atoms with E-state index in [0.717, 1.165) is 18.8 Å². The molecule has 1 heterocycles. The minimum absolute atomic E-state index is 0.273. The Bertz CT molecular complexity index is 379. The van der Waals surface area contributed by atoms with Crippen molar-refractivity contribution >= 4 is 5.69 Å². The molecular formula is C14H21NO. The molecule has 0 aromatic heterocycles. The second-order valence-electron chi connectivity index (χ2n) is 5.65. The maximum atomic E-state index is 5.50. The number of benzene rings is 1. The summed E-state index contributed by atoms with van der Waals surface area (Å²) in [6.07, 6.45) is 1.04. The van der Waals surface area contributed by atoms with Crippen LogP contribution in [-0.4, -0.2) is 12.6 Å². The zero-order valence-electron chi connectivity index (χ0n) is 10.6. The van der Waals surface area contributed by atoms with Crippen LogP contribution < -0.4 is 10.1 Å². The lowest BCUT2D eigenvalue weighted by Gasteiger charge is -2.29. The molecule has 0 aliphatic carbocycles. The summed E-state index contributed by atoms with van der Waals surface area (Å²) in [6.45, 7) is 9.81. The van der Waals surface area contributed by atoms with Crippen molar-refractivity contribution in [2.24, 2.45) is 5.41 Å². The van der Waals surface area contributed by atoms with Gasteiger partial charge in [-0.2, -0.15) is 0 Å². The van der Waals surface area contributed by atoms with Gasteiger partial charge in [0.25, 0.3) is 0 Å². The maximum absolute atomic E-state index is 5.50. The summed E-state index contributed by atoms with van der Waals surface area (Å²) in [5.41, 5.74) is 2.80. The lowest BCUT2D eigenvalue weighted by Crippen LogP contribution is -2.30. The van der Waals surface area contributed by atoms with Crippen molar-refractivity contribution in [1.29, 1.82) is 0 Å². The molecule has 1 aromatic rings. The van der Waals surface area contributed by atoms with Crippen LogP contribution in [0.3, 0.4) is 0 Å². The van der Waals surface area contributed by atoms with Gasteiger partial charge in [-0.25, -0.2) is 0 Å². The highest BCUT2D eigenvalue weighted by atomic mass is 16.5. The Morgan fingerprint density at radius 1 is 1.31 bits per heavy atom. The Kier molecular flexibility index (Phi) is 2.83. The van der Waals surface area contributed by atoms with Crippen molar-refractivity contribution in [2.45, 2.75) is 40.2 Å². The first-order valence-electron chi connectivity index (χ1n) is 5.99. The molecule has 2 heteroatoms. The van der Waals surface area contributed by atoms with Gasteiger partial charge in [0.1, 0.15) is 5.75 Å². The van der Waals surface area contributed by atoms with Gasteiger partial charge in [0.05, 0.1) is 6.61 Å². The van der Waals surface area contributed by atoms with Crippen molar-refractivity contribution in [2.75, 3.05) is 11.9 Å². The van der Waals surface area contributed by atoms with Crippen molar-refractivity contribution in [3.05, 3.63) is 23.8 Å². The van der Waals surface area contributed by atoms with E-state index in [4.69, 9.17) is 4.74 Å². The van der Waals surface area contributed by atoms with Gasteiger partial charge in [-0.05, 0) is 36.1 Å². The third kappa shape index (κ3) is 2.31. The molecule has 0 bridgehead atoms. The van der Waals surface area contributed by atoms with Crippen LogP contribution in [0, 0.1) is 5.41 Å². The maximum Gasteiger partial charge on any atom is 0.122 e. The van der Waals surface area contributed by atoms with Crippen molar-refractivity contribution in [1.82, 2.24) is 0 Å². The second-order valence-corrected chi connectivity index (χ2v) is 5.65. The lowest BCUT2D eigenvalue weighted by atomic mass is 9.88. The van der Waals surface area contributed by atoms with Crippen molar-refractivity contribution in [3.8, 4) is 5.75 Å². The number of hydrogen-bond donors (Lipinski definition) is 1. The summed E-state index contributed by atoms with van der Waals surface area (Å²) >= 11 is 0. The smallest absolute Gasteiger partial charge is 0.122 e. The number of ether oxygens (including phenoxy) is 1. The minimum atomic E-state index is 0.273. The fraction of sp³-hybridized carbons (Fsp3) is 0.571. The average molecular weight is 219 g/mol. The molecule has 2 nitrogen and oxygen atoms in total. The molecule has 16 heavy (non-hydrogen) atoms. The second kappa shape index (κ2) is 4.00. The Balaban J connectivity index is 2.11. The topological polar surface area (TPSA) is 21.3 Å². The first kappa shape index (κ1) is 11.3. The Morgan fingerprint density at radius 3 is 2.75 bits per heavy atom. The molecule has 0 spiro atoms. The van der Waals surface area contributed by atoms with Crippen LogP contribution in [-0.2, 0) is 6.42 Å². The molecule has 1 atom stereocenters. The molecular weight excluding hydrogens is 198 g/mol. The third-order valence-corrected chi connectivity index (χ3v) is 3.37. The first-order valence-corrected chi connectivity index (χ1v) is 5.99. The molecule has 0 saturated heterocycles. The Hall–Kier alpha value is -1.18. The highest BCUT2D eigenvalue weighted by molar-refractivity contribution is 5.53. The molecule has 88 valence electrons. The number of fused-ring (bicyclic) bond motifs is 1. The van der Waals surface area contributed by atoms with E-state index < -0.39 is 0 Å². The van der Waals surface area contributed by atoms with E-state index in [1.807, 2.05) is 0 Å². The number of rotatable bonds is 2. The summed E-state index contributed by atoms with van der Waals surface area (Å²) in [5.74, 6) is 1.05. The Labute approximate surface area is 98.0 Å². The van der Waals surface area contributed by atoms with E-state index in [1.165, 1.54) is 11.3 Å². The van der Waals surface area contributed by atoms with E-state index in [0.29, 0.717) is 6.04 Å². The van der Waals surface area contributed by atoms with Crippen LogP contribution in [0.25, 0.3) is 0 Å². The molecule has 1 aliphatic heterocycles. The number of anilines is 1. The lowest BCUT2D eigenvalue weighted by molar-refractivity contribution is 0.356. The van der Waals surface area contributed by atoms with Gasteiger partial charge in [0, 0.05) is 18.2 Å². The van der Waals surface area contributed by atoms with E-state index in [9.17, 15) is 0 Å². The first-order chi connectivity index (χ1) is 7.47. The average Bonchev–Trinajstić information content (AvgIpc) is 2.63. The van der Waals surface area contributed by atoms with Crippen LogP contribution >= 0.6 is 0 Å². The third-order valence-electron chi connectivity index (χ3n) is 3.37. The molecule has 0 saturated carbocycles. The van der Waals surface area contributed by atoms with Gasteiger partial charge < -0.3 is 10.1 Å². The molecule has 0 fully saturated rings.